The van der Waals surface area contributed by atoms with E-state index in [2.05, 4.69) is 32.5 Å². The smallest absolute Gasteiger partial charge is 0.113 e. The lowest BCUT2D eigenvalue weighted by molar-refractivity contribution is -0.0463. The minimum atomic E-state index is -0.845. The second kappa shape index (κ2) is 6.89. The normalized spacial score (nSPS) is 22.9. The molecule has 2 aromatic heterocycles. The summed E-state index contributed by atoms with van der Waals surface area (Å²) >= 11 is 1.68. The van der Waals surface area contributed by atoms with Gasteiger partial charge in [0.2, 0.25) is 0 Å². The van der Waals surface area contributed by atoms with E-state index < -0.39 is 5.60 Å². The van der Waals surface area contributed by atoms with Crippen LogP contribution in [0, 0.1) is 0 Å². The zero-order valence-corrected chi connectivity index (χ0v) is 13.5. The van der Waals surface area contributed by atoms with Gasteiger partial charge in [0.25, 0.3) is 0 Å². The molecule has 0 amide bonds. The summed E-state index contributed by atoms with van der Waals surface area (Å²) in [5.74, 6) is 0. The van der Waals surface area contributed by atoms with Crippen LogP contribution in [-0.4, -0.2) is 65.7 Å². The number of H-pyrrole nitrogens is 1. The number of hydrogen-bond acceptors (Lipinski definition) is 6. The Morgan fingerprint density at radius 3 is 3.27 bits per heavy atom. The van der Waals surface area contributed by atoms with Gasteiger partial charge in [-0.3, -0.25) is 10.00 Å². The molecule has 3 N–H and O–H groups in total. The van der Waals surface area contributed by atoms with Crippen molar-refractivity contribution in [2.45, 2.75) is 12.1 Å². The molecule has 1 fully saturated rings. The van der Waals surface area contributed by atoms with Crippen molar-refractivity contribution in [3.63, 3.8) is 0 Å². The highest BCUT2D eigenvalue weighted by Gasteiger charge is 2.30. The Bertz CT molecular complexity index is 576. The monoisotopic (exact) mass is 322 g/mol. The number of rotatable bonds is 5. The molecule has 3 heterocycles. The maximum atomic E-state index is 10.6. The van der Waals surface area contributed by atoms with Crippen molar-refractivity contribution in [1.29, 1.82) is 0 Å². The van der Waals surface area contributed by atoms with Crippen LogP contribution in [0.4, 0.5) is 0 Å². The molecule has 22 heavy (non-hydrogen) atoms. The van der Waals surface area contributed by atoms with E-state index in [4.69, 9.17) is 4.74 Å². The van der Waals surface area contributed by atoms with Crippen molar-refractivity contribution in [3.05, 3.63) is 29.3 Å². The Kier molecular flexibility index (Phi) is 4.90. The molecule has 0 aliphatic carbocycles. The number of ether oxygens (including phenoxy) is 1. The number of thiophene rings is 1. The molecule has 7 heteroatoms. The summed E-state index contributed by atoms with van der Waals surface area (Å²) in [5.41, 5.74) is 1.16. The topological polar surface area (TPSA) is 73.4 Å². The molecule has 0 unspecified atom stereocenters. The number of likely N-dealkylation sites (N-methyl/N-ethyl adjacent to an activating group) is 1. The first kappa shape index (κ1) is 15.6. The van der Waals surface area contributed by atoms with Gasteiger partial charge in [-0.15, -0.1) is 11.3 Å². The molecule has 0 aromatic carbocycles. The quantitative estimate of drug-likeness (QED) is 0.763. The van der Waals surface area contributed by atoms with Crippen molar-refractivity contribution >= 4 is 11.3 Å². The number of aliphatic hydroxyl groups is 1. The molecular weight excluding hydrogens is 300 g/mol. The third kappa shape index (κ3) is 3.93. The van der Waals surface area contributed by atoms with E-state index in [1.807, 2.05) is 18.5 Å². The van der Waals surface area contributed by atoms with Gasteiger partial charge in [-0.1, -0.05) is 6.07 Å². The van der Waals surface area contributed by atoms with Crippen LogP contribution < -0.4 is 5.32 Å². The van der Waals surface area contributed by atoms with Gasteiger partial charge in [0.05, 0.1) is 18.1 Å². The molecule has 2 aromatic rings. The second-order valence-electron chi connectivity index (χ2n) is 5.88. The number of aromatic nitrogens is 2. The first-order valence-electron chi connectivity index (χ1n) is 7.42. The van der Waals surface area contributed by atoms with Crippen LogP contribution in [0.15, 0.2) is 23.6 Å². The summed E-state index contributed by atoms with van der Waals surface area (Å²) in [7, 11) is 1.99. The van der Waals surface area contributed by atoms with Crippen LogP contribution in [0.5, 0.6) is 0 Å². The van der Waals surface area contributed by atoms with Crippen LogP contribution in [0.25, 0.3) is 10.6 Å². The number of nitrogens with zero attached hydrogens (tertiary/aromatic N) is 2. The lowest BCUT2D eigenvalue weighted by atomic mass is 10.1. The SMILES string of the molecule is CN(Cc1cc(-c2cccs2)n[nH]1)C[C@@]1(O)CNCCOC1. The van der Waals surface area contributed by atoms with Crippen LogP contribution in [0.2, 0.25) is 0 Å². The van der Waals surface area contributed by atoms with Gasteiger partial charge < -0.3 is 15.2 Å². The highest BCUT2D eigenvalue weighted by Crippen LogP contribution is 2.23. The third-order valence-corrected chi connectivity index (χ3v) is 4.55. The lowest BCUT2D eigenvalue weighted by Crippen LogP contribution is -2.50. The van der Waals surface area contributed by atoms with E-state index in [9.17, 15) is 5.11 Å². The summed E-state index contributed by atoms with van der Waals surface area (Å²) in [6.45, 7) is 3.62. The van der Waals surface area contributed by atoms with Gasteiger partial charge in [-0.05, 0) is 24.6 Å². The van der Waals surface area contributed by atoms with E-state index in [0.717, 1.165) is 22.8 Å². The van der Waals surface area contributed by atoms with E-state index in [1.165, 1.54) is 0 Å². The first-order valence-corrected chi connectivity index (χ1v) is 8.30. The predicted octanol–water partition coefficient (Wildman–Crippen LogP) is 0.921. The van der Waals surface area contributed by atoms with Crippen LogP contribution in [0.1, 0.15) is 5.69 Å². The largest absolute Gasteiger partial charge is 0.385 e. The molecule has 0 bridgehead atoms. The molecule has 1 aliphatic rings. The van der Waals surface area contributed by atoms with Gasteiger partial charge in [0.15, 0.2) is 0 Å². The van der Waals surface area contributed by atoms with E-state index in [1.54, 1.807) is 11.3 Å². The summed E-state index contributed by atoms with van der Waals surface area (Å²) in [5, 5.41) is 23.3. The molecule has 0 radical (unpaired) electrons. The minimum Gasteiger partial charge on any atom is -0.385 e. The number of hydrogen-bond donors (Lipinski definition) is 3. The fourth-order valence-electron chi connectivity index (χ4n) is 2.72. The summed E-state index contributed by atoms with van der Waals surface area (Å²) in [6.07, 6.45) is 0. The first-order chi connectivity index (χ1) is 10.6. The molecule has 1 atom stereocenters. The molecule has 1 aliphatic heterocycles. The predicted molar refractivity (Wildman–Crippen MR) is 86.9 cm³/mol. The highest BCUT2D eigenvalue weighted by molar-refractivity contribution is 7.13. The minimum absolute atomic E-state index is 0.369. The van der Waals surface area contributed by atoms with Gasteiger partial charge in [-0.2, -0.15) is 5.10 Å². The van der Waals surface area contributed by atoms with E-state index in [0.29, 0.717) is 32.8 Å². The lowest BCUT2D eigenvalue weighted by Gasteiger charge is -2.30. The summed E-state index contributed by atoms with van der Waals surface area (Å²) < 4.78 is 5.46. The Labute approximate surface area is 134 Å². The van der Waals surface area contributed by atoms with E-state index in [-0.39, 0.29) is 0 Å². The average molecular weight is 322 g/mol. The van der Waals surface area contributed by atoms with Crippen molar-refractivity contribution in [2.24, 2.45) is 0 Å². The molecule has 3 rings (SSSR count). The summed E-state index contributed by atoms with van der Waals surface area (Å²) in [6, 6.07) is 6.15. The molecular formula is C15H22N4O2S. The van der Waals surface area contributed by atoms with Gasteiger partial charge in [0.1, 0.15) is 11.3 Å². The Balaban J connectivity index is 1.58. The maximum Gasteiger partial charge on any atom is 0.113 e. The van der Waals surface area contributed by atoms with Crippen LogP contribution in [-0.2, 0) is 11.3 Å². The maximum absolute atomic E-state index is 10.6. The standard InChI is InChI=1S/C15H22N4O2S/c1-19(10-15(20)9-16-4-5-21-11-15)8-12-7-13(18-17-12)14-3-2-6-22-14/h2-3,6-7,16,20H,4-5,8-11H2,1H3,(H,17,18)/t15-/m0/s1. The Morgan fingerprint density at radius 1 is 1.55 bits per heavy atom. The summed E-state index contributed by atoms with van der Waals surface area (Å²) in [4.78, 5) is 3.24. The Morgan fingerprint density at radius 2 is 2.45 bits per heavy atom. The Hall–Kier alpha value is -1.25. The van der Waals surface area contributed by atoms with Crippen molar-refractivity contribution in [3.8, 4) is 10.6 Å². The average Bonchev–Trinajstić information content (AvgIpc) is 3.09. The van der Waals surface area contributed by atoms with E-state index >= 15 is 0 Å². The highest BCUT2D eigenvalue weighted by atomic mass is 32.1. The van der Waals surface area contributed by atoms with Gasteiger partial charge in [0, 0.05) is 31.9 Å². The van der Waals surface area contributed by atoms with Gasteiger partial charge in [-0.25, -0.2) is 0 Å². The zero-order valence-electron chi connectivity index (χ0n) is 12.7. The third-order valence-electron chi connectivity index (χ3n) is 3.66. The number of aromatic amines is 1. The fraction of sp³-hybridized carbons (Fsp3) is 0.533. The van der Waals surface area contributed by atoms with Crippen molar-refractivity contribution in [2.75, 3.05) is 39.9 Å². The van der Waals surface area contributed by atoms with Crippen LogP contribution in [0.3, 0.4) is 0 Å². The van der Waals surface area contributed by atoms with Crippen molar-refractivity contribution in [1.82, 2.24) is 20.4 Å². The molecule has 1 saturated heterocycles. The molecule has 0 saturated carbocycles. The zero-order chi connectivity index (χ0) is 15.4. The molecule has 120 valence electrons. The molecule has 0 spiro atoms. The number of nitrogens with one attached hydrogen (secondary N) is 2. The fourth-order valence-corrected chi connectivity index (χ4v) is 3.41. The van der Waals surface area contributed by atoms with Gasteiger partial charge >= 0.3 is 0 Å². The number of β-amino-alcohol motifs (C(OH)–C–C–N with tert-alkyl or cyclic N) is 1. The van der Waals surface area contributed by atoms with Crippen molar-refractivity contribution < 1.29 is 9.84 Å². The van der Waals surface area contributed by atoms with Crippen LogP contribution >= 0.6 is 11.3 Å². The molecule has 6 nitrogen and oxygen atoms in total. The second-order valence-corrected chi connectivity index (χ2v) is 6.83.